The van der Waals surface area contributed by atoms with Crippen LogP contribution in [0.25, 0.3) is 0 Å². The van der Waals surface area contributed by atoms with Gasteiger partial charge in [-0.3, -0.25) is 5.32 Å². The van der Waals surface area contributed by atoms with E-state index in [4.69, 9.17) is 9.47 Å². The number of rotatable bonds is 3. The number of anilines is 1. The number of piperidine rings is 1. The number of carbonyl (C=O) groups excluding carboxylic acids is 2. The van der Waals surface area contributed by atoms with Gasteiger partial charge in [-0.1, -0.05) is 18.9 Å². The summed E-state index contributed by atoms with van der Waals surface area (Å²) in [5, 5.41) is 2.77. The smallest absolute Gasteiger partial charge is 0.417 e. The first-order chi connectivity index (χ1) is 16.6. The van der Waals surface area contributed by atoms with Crippen LogP contribution in [0.4, 0.5) is 10.5 Å². The first-order valence-corrected chi connectivity index (χ1v) is 12.8. The molecular weight excluding hydrogens is 440 g/mol. The van der Waals surface area contributed by atoms with Gasteiger partial charge in [-0.2, -0.15) is 0 Å². The minimum Gasteiger partial charge on any atom is -0.456 e. The summed E-state index contributed by atoms with van der Waals surface area (Å²) in [6, 6.07) is 13.5. The zero-order valence-corrected chi connectivity index (χ0v) is 21.2. The minimum absolute atomic E-state index is 0.219. The predicted octanol–water partition coefficient (Wildman–Crippen LogP) is 5.94. The number of hydrogen-bond acceptors (Lipinski definition) is 5. The number of nitrogens with one attached hydrogen (secondary N) is 1. The highest BCUT2D eigenvalue weighted by atomic mass is 16.6. The molecular formula is C29H36N2O4. The van der Waals surface area contributed by atoms with E-state index in [1.165, 1.54) is 43.2 Å². The molecule has 1 saturated carbocycles. The fourth-order valence-electron chi connectivity index (χ4n) is 6.52. The van der Waals surface area contributed by atoms with Crippen LogP contribution < -0.4 is 10.1 Å². The number of likely N-dealkylation sites (tertiary alicyclic amines) is 1. The number of benzene rings is 2. The number of hydrogen-bond donors (Lipinski definition) is 1. The Balaban J connectivity index is 1.29. The van der Waals surface area contributed by atoms with E-state index < -0.39 is 17.7 Å². The van der Waals surface area contributed by atoms with Crippen LogP contribution in [0.5, 0.6) is 5.75 Å². The van der Waals surface area contributed by atoms with E-state index in [0.29, 0.717) is 29.0 Å². The summed E-state index contributed by atoms with van der Waals surface area (Å²) < 4.78 is 11.1. The second-order valence-electron chi connectivity index (χ2n) is 11.4. The maximum absolute atomic E-state index is 12.7. The Bertz CT molecular complexity index is 1120. The van der Waals surface area contributed by atoms with Gasteiger partial charge in [0.2, 0.25) is 0 Å². The Kier molecular flexibility index (Phi) is 6.12. The van der Waals surface area contributed by atoms with Gasteiger partial charge in [0.15, 0.2) is 0 Å². The Morgan fingerprint density at radius 2 is 1.83 bits per heavy atom. The molecule has 2 aromatic rings. The van der Waals surface area contributed by atoms with Gasteiger partial charge >= 0.3 is 12.1 Å². The third-order valence-corrected chi connectivity index (χ3v) is 8.06. The maximum Gasteiger partial charge on any atom is 0.417 e. The number of carbonyl (C=O) groups is 2. The molecule has 6 heteroatoms. The number of amides is 1. The van der Waals surface area contributed by atoms with Crippen molar-refractivity contribution >= 4 is 17.7 Å². The van der Waals surface area contributed by atoms with Gasteiger partial charge in [0.1, 0.15) is 11.4 Å². The molecule has 1 saturated heterocycles. The number of fused-ring (bicyclic) bond motifs is 1. The lowest BCUT2D eigenvalue weighted by Gasteiger charge is -2.58. The quantitative estimate of drug-likeness (QED) is 0.555. The van der Waals surface area contributed by atoms with Crippen molar-refractivity contribution in [3.05, 3.63) is 59.2 Å². The van der Waals surface area contributed by atoms with Crippen molar-refractivity contribution in [3.8, 4) is 5.75 Å². The molecule has 2 aliphatic carbocycles. The Morgan fingerprint density at radius 1 is 1.06 bits per heavy atom. The van der Waals surface area contributed by atoms with Crippen LogP contribution in [0.15, 0.2) is 42.5 Å². The molecule has 6 nitrogen and oxygen atoms in total. The maximum atomic E-state index is 12.7. The number of esters is 1. The largest absolute Gasteiger partial charge is 0.456 e. The number of ether oxygens (including phenoxy) is 2. The van der Waals surface area contributed by atoms with Crippen LogP contribution in [0.2, 0.25) is 0 Å². The number of nitrogens with zero attached hydrogens (tertiary/aromatic N) is 1. The van der Waals surface area contributed by atoms with Crippen molar-refractivity contribution in [2.75, 3.05) is 18.9 Å². The van der Waals surface area contributed by atoms with Crippen LogP contribution in [0, 0.1) is 5.92 Å². The summed E-state index contributed by atoms with van der Waals surface area (Å²) >= 11 is 0. The molecule has 0 aromatic heterocycles. The van der Waals surface area contributed by atoms with E-state index in [-0.39, 0.29) is 5.41 Å². The van der Waals surface area contributed by atoms with Crippen molar-refractivity contribution in [2.24, 2.45) is 5.92 Å². The molecule has 2 aromatic carbocycles. The summed E-state index contributed by atoms with van der Waals surface area (Å²) in [4.78, 5) is 27.4. The zero-order valence-electron chi connectivity index (χ0n) is 21.2. The Labute approximate surface area is 208 Å². The highest BCUT2D eigenvalue weighted by molar-refractivity contribution is 5.91. The standard InChI is InChI=1S/C29H36N2O4/c1-28(2,3)35-26(32)19-8-11-21(12-9-19)30-27(33)34-22-13-10-20-17-25-23-7-5-6-14-29(23,24(20)18-22)15-16-31(25)4/h8-13,18,23,25H,5-7,14-17H2,1-4H3,(H,30,33)/t23-,25+,29+/m0/s1. The van der Waals surface area contributed by atoms with Crippen LogP contribution in [-0.4, -0.2) is 42.2 Å². The van der Waals surface area contributed by atoms with Gasteiger partial charge in [-0.25, -0.2) is 9.59 Å². The van der Waals surface area contributed by atoms with Crippen LogP contribution in [-0.2, 0) is 16.6 Å². The molecule has 186 valence electrons. The molecule has 1 N–H and O–H groups in total. The van der Waals surface area contributed by atoms with Gasteiger partial charge in [0.25, 0.3) is 0 Å². The molecule has 1 heterocycles. The first kappa shape index (κ1) is 23.9. The third kappa shape index (κ3) is 4.68. The first-order valence-electron chi connectivity index (χ1n) is 12.8. The average Bonchev–Trinajstić information content (AvgIpc) is 2.81. The van der Waals surface area contributed by atoms with Gasteiger partial charge in [0.05, 0.1) is 5.56 Å². The molecule has 3 aliphatic rings. The van der Waals surface area contributed by atoms with Gasteiger partial charge < -0.3 is 14.4 Å². The lowest BCUT2D eigenvalue weighted by molar-refractivity contribution is 0.00275. The van der Waals surface area contributed by atoms with Gasteiger partial charge in [-0.15, -0.1) is 0 Å². The highest BCUT2D eigenvalue weighted by Crippen LogP contribution is 2.55. The minimum atomic E-state index is -0.557. The third-order valence-electron chi connectivity index (χ3n) is 8.06. The second-order valence-corrected chi connectivity index (χ2v) is 11.4. The molecule has 2 bridgehead atoms. The molecule has 3 atom stereocenters. The summed E-state index contributed by atoms with van der Waals surface area (Å²) in [5.74, 6) is 0.884. The van der Waals surface area contributed by atoms with E-state index in [2.05, 4.69) is 29.4 Å². The molecule has 5 rings (SSSR count). The fourth-order valence-corrected chi connectivity index (χ4v) is 6.52. The average molecular weight is 477 g/mol. The monoisotopic (exact) mass is 476 g/mol. The molecule has 0 spiro atoms. The summed E-state index contributed by atoms with van der Waals surface area (Å²) in [5.41, 5.74) is 3.47. The molecule has 1 aliphatic heterocycles. The van der Waals surface area contributed by atoms with Crippen molar-refractivity contribution < 1.29 is 19.1 Å². The van der Waals surface area contributed by atoms with Crippen molar-refractivity contribution in [2.45, 2.75) is 76.4 Å². The van der Waals surface area contributed by atoms with E-state index in [1.54, 1.807) is 24.3 Å². The zero-order chi connectivity index (χ0) is 24.8. The Hall–Kier alpha value is -2.86. The molecule has 0 unspecified atom stereocenters. The van der Waals surface area contributed by atoms with E-state index in [0.717, 1.165) is 13.0 Å². The summed E-state index contributed by atoms with van der Waals surface area (Å²) in [6.45, 7) is 6.62. The van der Waals surface area contributed by atoms with Crippen molar-refractivity contribution in [1.82, 2.24) is 4.90 Å². The molecule has 1 amide bonds. The lowest BCUT2D eigenvalue weighted by atomic mass is 9.52. The van der Waals surface area contributed by atoms with Gasteiger partial charge in [-0.05, 0) is 113 Å². The predicted molar refractivity (Wildman–Crippen MR) is 136 cm³/mol. The van der Waals surface area contributed by atoms with E-state index in [9.17, 15) is 9.59 Å². The molecule has 35 heavy (non-hydrogen) atoms. The van der Waals surface area contributed by atoms with E-state index in [1.807, 2.05) is 26.8 Å². The Morgan fingerprint density at radius 3 is 2.57 bits per heavy atom. The fraction of sp³-hybridized carbons (Fsp3) is 0.517. The topological polar surface area (TPSA) is 67.9 Å². The van der Waals surface area contributed by atoms with Crippen molar-refractivity contribution in [3.63, 3.8) is 0 Å². The lowest BCUT2D eigenvalue weighted by Crippen LogP contribution is -2.59. The summed E-state index contributed by atoms with van der Waals surface area (Å²) in [6.07, 6.45) is 6.83. The molecule has 0 radical (unpaired) electrons. The van der Waals surface area contributed by atoms with Crippen LogP contribution in [0.3, 0.4) is 0 Å². The summed E-state index contributed by atoms with van der Waals surface area (Å²) in [7, 11) is 2.27. The molecule has 2 fully saturated rings. The van der Waals surface area contributed by atoms with Crippen LogP contribution >= 0.6 is 0 Å². The second kappa shape index (κ2) is 8.98. The highest BCUT2D eigenvalue weighted by Gasteiger charge is 2.53. The van der Waals surface area contributed by atoms with Gasteiger partial charge in [0, 0.05) is 17.1 Å². The number of likely N-dealkylation sites (N-methyl/N-ethyl adjacent to an activating group) is 1. The SMILES string of the molecule is CN1CC[C@]23CCCC[C@H]2[C@H]1Cc1ccc(OC(=O)Nc2ccc(C(=O)OC(C)(C)C)cc2)cc13. The van der Waals surface area contributed by atoms with E-state index >= 15 is 0 Å². The normalized spacial score (nSPS) is 25.7. The van der Waals surface area contributed by atoms with Crippen LogP contribution in [0.1, 0.15) is 74.4 Å². The van der Waals surface area contributed by atoms with Crippen molar-refractivity contribution in [1.29, 1.82) is 0 Å².